The Labute approximate surface area is 160 Å². The van der Waals surface area contributed by atoms with E-state index in [1.165, 1.54) is 4.90 Å². The van der Waals surface area contributed by atoms with Gasteiger partial charge in [-0.05, 0) is 24.3 Å². The molecule has 8 nitrogen and oxygen atoms in total. The van der Waals surface area contributed by atoms with Crippen LogP contribution >= 0.6 is 0 Å². The maximum Gasteiger partial charge on any atom is 0.278 e. The summed E-state index contributed by atoms with van der Waals surface area (Å²) in [5.74, 6) is -0.237. The van der Waals surface area contributed by atoms with Crippen LogP contribution in [0.1, 0.15) is 5.56 Å². The van der Waals surface area contributed by atoms with Crippen molar-refractivity contribution in [3.05, 3.63) is 82.9 Å². The maximum absolute atomic E-state index is 12.6. The van der Waals surface area contributed by atoms with E-state index in [-0.39, 0.29) is 18.0 Å². The molecule has 0 aliphatic heterocycles. The van der Waals surface area contributed by atoms with Gasteiger partial charge < -0.3 is 4.90 Å². The van der Waals surface area contributed by atoms with Crippen LogP contribution in [0.2, 0.25) is 0 Å². The van der Waals surface area contributed by atoms with Crippen molar-refractivity contribution in [1.29, 1.82) is 0 Å². The monoisotopic (exact) mass is 374 g/mol. The highest BCUT2D eigenvalue weighted by atomic mass is 16.2. The first kappa shape index (κ1) is 17.6. The van der Waals surface area contributed by atoms with Crippen molar-refractivity contribution in [2.45, 2.75) is 13.1 Å². The predicted molar refractivity (Wildman–Crippen MR) is 104 cm³/mol. The van der Waals surface area contributed by atoms with Gasteiger partial charge in [0, 0.05) is 25.4 Å². The molecule has 0 bridgehead atoms. The molecular formula is C20H18N6O2. The smallest absolute Gasteiger partial charge is 0.278 e. The molecule has 2 aromatic heterocycles. The predicted octanol–water partition coefficient (Wildman–Crippen LogP) is 1.64. The van der Waals surface area contributed by atoms with Crippen LogP contribution < -0.4 is 5.56 Å². The zero-order valence-electron chi connectivity index (χ0n) is 15.3. The minimum Gasteiger partial charge on any atom is -0.340 e. The molecular weight excluding hydrogens is 356 g/mol. The molecule has 4 rings (SSSR count). The number of hydrogen-bond donors (Lipinski definition) is 0. The van der Waals surface area contributed by atoms with E-state index < -0.39 is 0 Å². The highest BCUT2D eigenvalue weighted by molar-refractivity contribution is 5.78. The summed E-state index contributed by atoms with van der Waals surface area (Å²) >= 11 is 0. The van der Waals surface area contributed by atoms with Gasteiger partial charge in [-0.15, -0.1) is 5.10 Å². The Balaban J connectivity index is 1.47. The fourth-order valence-electron chi connectivity index (χ4n) is 2.90. The van der Waals surface area contributed by atoms with Crippen molar-refractivity contribution < 1.29 is 4.79 Å². The molecule has 0 saturated heterocycles. The summed E-state index contributed by atoms with van der Waals surface area (Å²) in [7, 11) is 1.68. The van der Waals surface area contributed by atoms with Gasteiger partial charge in [0.25, 0.3) is 5.56 Å². The third kappa shape index (κ3) is 3.52. The van der Waals surface area contributed by atoms with Crippen LogP contribution in [-0.4, -0.2) is 42.6 Å². The zero-order valence-corrected chi connectivity index (χ0v) is 15.3. The van der Waals surface area contributed by atoms with E-state index in [2.05, 4.69) is 15.4 Å². The number of para-hydroxylation sites is 1. The molecule has 0 atom stereocenters. The molecule has 0 fully saturated rings. The third-order valence-electron chi connectivity index (χ3n) is 4.42. The molecule has 4 aromatic rings. The normalized spacial score (nSPS) is 10.9. The van der Waals surface area contributed by atoms with E-state index in [1.807, 2.05) is 36.5 Å². The first-order valence-electron chi connectivity index (χ1n) is 8.77. The molecule has 8 heteroatoms. The van der Waals surface area contributed by atoms with Crippen molar-refractivity contribution >= 4 is 16.8 Å². The SMILES string of the molecule is CN(Cc1cnn(-c2ccccc2)c1)C(=O)Cn1nnc2ccccc2c1=O. The first-order valence-corrected chi connectivity index (χ1v) is 8.77. The summed E-state index contributed by atoms with van der Waals surface area (Å²) in [5, 5.41) is 12.6. The average Bonchev–Trinajstić information content (AvgIpc) is 3.19. The molecule has 0 aliphatic carbocycles. The average molecular weight is 374 g/mol. The van der Waals surface area contributed by atoms with E-state index in [1.54, 1.807) is 42.2 Å². The molecule has 0 N–H and O–H groups in total. The van der Waals surface area contributed by atoms with Crippen molar-refractivity contribution in [3.8, 4) is 5.69 Å². The Morgan fingerprint density at radius 1 is 1.07 bits per heavy atom. The lowest BCUT2D eigenvalue weighted by Gasteiger charge is -2.16. The fourth-order valence-corrected chi connectivity index (χ4v) is 2.90. The van der Waals surface area contributed by atoms with E-state index in [9.17, 15) is 9.59 Å². The zero-order chi connectivity index (χ0) is 19.5. The summed E-state index contributed by atoms with van der Waals surface area (Å²) in [6.07, 6.45) is 3.60. The lowest BCUT2D eigenvalue weighted by molar-refractivity contribution is -0.131. The van der Waals surface area contributed by atoms with Gasteiger partial charge in [0.2, 0.25) is 5.91 Å². The summed E-state index contributed by atoms with van der Waals surface area (Å²) in [4.78, 5) is 26.6. The fraction of sp³-hybridized carbons (Fsp3) is 0.150. The molecule has 28 heavy (non-hydrogen) atoms. The van der Waals surface area contributed by atoms with Crippen LogP contribution in [-0.2, 0) is 17.9 Å². The number of carbonyl (C=O) groups is 1. The number of carbonyl (C=O) groups excluding carboxylic acids is 1. The van der Waals surface area contributed by atoms with Gasteiger partial charge in [-0.3, -0.25) is 9.59 Å². The van der Waals surface area contributed by atoms with Crippen LogP contribution in [0.5, 0.6) is 0 Å². The van der Waals surface area contributed by atoms with Crippen LogP contribution in [0.25, 0.3) is 16.6 Å². The van der Waals surface area contributed by atoms with Crippen LogP contribution in [0.15, 0.2) is 71.8 Å². The molecule has 140 valence electrons. The number of fused-ring (bicyclic) bond motifs is 1. The summed E-state index contributed by atoms with van der Waals surface area (Å²) in [6, 6.07) is 16.7. The Morgan fingerprint density at radius 2 is 1.82 bits per heavy atom. The van der Waals surface area contributed by atoms with E-state index in [0.29, 0.717) is 17.4 Å². The quantitative estimate of drug-likeness (QED) is 0.530. The molecule has 0 spiro atoms. The summed E-state index contributed by atoms with van der Waals surface area (Å²) < 4.78 is 2.85. The van der Waals surface area contributed by atoms with Gasteiger partial charge in [0.15, 0.2) is 0 Å². The van der Waals surface area contributed by atoms with Crippen LogP contribution in [0.3, 0.4) is 0 Å². The standard InChI is InChI=1S/C20H18N6O2/c1-24(12-15-11-21-25(13-15)16-7-3-2-4-8-16)19(27)14-26-20(28)17-9-5-6-10-18(17)22-23-26/h2-11,13H,12,14H2,1H3. The minimum atomic E-state index is -0.329. The largest absolute Gasteiger partial charge is 0.340 e. The maximum atomic E-state index is 12.6. The Hall–Kier alpha value is -3.81. The van der Waals surface area contributed by atoms with Gasteiger partial charge in [0.1, 0.15) is 12.1 Å². The van der Waals surface area contributed by atoms with Gasteiger partial charge in [-0.2, -0.15) is 5.10 Å². The molecule has 2 aromatic carbocycles. The number of amides is 1. The summed E-state index contributed by atoms with van der Waals surface area (Å²) in [6.45, 7) is 0.210. The lowest BCUT2D eigenvalue weighted by atomic mass is 10.2. The second kappa shape index (κ2) is 7.43. The first-order chi connectivity index (χ1) is 13.6. The highest BCUT2D eigenvalue weighted by Crippen LogP contribution is 2.09. The Bertz CT molecular complexity index is 1180. The number of aromatic nitrogens is 5. The van der Waals surface area contributed by atoms with E-state index >= 15 is 0 Å². The van der Waals surface area contributed by atoms with Crippen molar-refractivity contribution in [1.82, 2.24) is 29.7 Å². The number of benzene rings is 2. The van der Waals surface area contributed by atoms with Crippen LogP contribution in [0, 0.1) is 0 Å². The number of hydrogen-bond acceptors (Lipinski definition) is 5. The van der Waals surface area contributed by atoms with Crippen molar-refractivity contribution in [2.24, 2.45) is 0 Å². The topological polar surface area (TPSA) is 85.9 Å². The lowest BCUT2D eigenvalue weighted by Crippen LogP contribution is -2.35. The summed E-state index contributed by atoms with van der Waals surface area (Å²) in [5.41, 5.74) is 2.01. The number of nitrogens with zero attached hydrogens (tertiary/aromatic N) is 6. The molecule has 1 amide bonds. The number of likely N-dealkylation sites (N-methyl/N-ethyl adjacent to an activating group) is 1. The van der Waals surface area contributed by atoms with Gasteiger partial charge in [0.05, 0.1) is 17.3 Å². The second-order valence-electron chi connectivity index (χ2n) is 6.45. The van der Waals surface area contributed by atoms with Gasteiger partial charge in [-0.1, -0.05) is 35.5 Å². The van der Waals surface area contributed by atoms with Gasteiger partial charge in [-0.25, -0.2) is 9.36 Å². The van der Waals surface area contributed by atoms with E-state index in [0.717, 1.165) is 15.9 Å². The Morgan fingerprint density at radius 3 is 2.64 bits per heavy atom. The van der Waals surface area contributed by atoms with Gasteiger partial charge >= 0.3 is 0 Å². The molecule has 0 radical (unpaired) electrons. The molecule has 0 unspecified atom stereocenters. The highest BCUT2D eigenvalue weighted by Gasteiger charge is 2.14. The Kier molecular flexibility index (Phi) is 4.67. The molecule has 0 aliphatic rings. The third-order valence-corrected chi connectivity index (χ3v) is 4.42. The minimum absolute atomic E-state index is 0.167. The number of rotatable bonds is 5. The van der Waals surface area contributed by atoms with Crippen LogP contribution in [0.4, 0.5) is 0 Å². The molecule has 2 heterocycles. The second-order valence-corrected chi connectivity index (χ2v) is 6.45. The van der Waals surface area contributed by atoms with Crippen molar-refractivity contribution in [2.75, 3.05) is 7.05 Å². The van der Waals surface area contributed by atoms with E-state index in [4.69, 9.17) is 0 Å². The molecule has 0 saturated carbocycles. The van der Waals surface area contributed by atoms with Crippen molar-refractivity contribution in [3.63, 3.8) is 0 Å².